The Labute approximate surface area is 129 Å². The molecular weight excluding hydrogens is 282 g/mol. The Kier molecular flexibility index (Phi) is 4.26. The number of carbonyl (C=O) groups excluding carboxylic acids is 2. The lowest BCUT2D eigenvalue weighted by Gasteiger charge is -2.19. The molecule has 0 fully saturated rings. The van der Waals surface area contributed by atoms with E-state index in [0.717, 1.165) is 10.9 Å². The molecule has 0 saturated heterocycles. The number of carbonyl (C=O) groups is 2. The largest absolute Gasteiger partial charge is 0.469 e. The van der Waals surface area contributed by atoms with E-state index in [1.165, 1.54) is 11.7 Å². The van der Waals surface area contributed by atoms with Gasteiger partial charge in [0.05, 0.1) is 18.5 Å². The standard InChI is InChI=1S/C17H21NO4/c1-11(15(19)21-5)13-10-18(16(20)22-17(2,3)4)14-9-7-6-8-12(13)14/h6-11H,1-5H3. The van der Waals surface area contributed by atoms with Crippen molar-refractivity contribution in [2.45, 2.75) is 39.2 Å². The maximum atomic E-state index is 12.4. The van der Waals surface area contributed by atoms with Crippen LogP contribution in [0, 0.1) is 0 Å². The molecule has 118 valence electrons. The molecule has 5 nitrogen and oxygen atoms in total. The molecule has 0 aliphatic carbocycles. The molecule has 0 radical (unpaired) electrons. The van der Waals surface area contributed by atoms with Crippen LogP contribution < -0.4 is 0 Å². The number of benzene rings is 1. The van der Waals surface area contributed by atoms with Gasteiger partial charge in [-0.1, -0.05) is 18.2 Å². The predicted octanol–water partition coefficient (Wildman–Crippen LogP) is 3.70. The van der Waals surface area contributed by atoms with E-state index >= 15 is 0 Å². The van der Waals surface area contributed by atoms with E-state index in [1.54, 1.807) is 13.1 Å². The van der Waals surface area contributed by atoms with Crippen molar-refractivity contribution in [1.29, 1.82) is 0 Å². The number of rotatable bonds is 2. The molecule has 2 aromatic rings. The fourth-order valence-electron chi connectivity index (χ4n) is 2.32. The summed E-state index contributed by atoms with van der Waals surface area (Å²) in [6.45, 7) is 7.20. The highest BCUT2D eigenvalue weighted by Crippen LogP contribution is 2.29. The second kappa shape index (κ2) is 5.83. The molecular formula is C17H21NO4. The SMILES string of the molecule is COC(=O)C(C)c1cn(C(=O)OC(C)(C)C)c2ccccc12. The van der Waals surface area contributed by atoms with Gasteiger partial charge in [0.25, 0.3) is 0 Å². The fourth-order valence-corrected chi connectivity index (χ4v) is 2.32. The Balaban J connectivity index is 2.53. The van der Waals surface area contributed by atoms with Crippen LogP contribution in [0.1, 0.15) is 39.2 Å². The van der Waals surface area contributed by atoms with Crippen LogP contribution in [0.3, 0.4) is 0 Å². The van der Waals surface area contributed by atoms with Crippen LogP contribution in [0.25, 0.3) is 10.9 Å². The molecule has 0 amide bonds. The van der Waals surface area contributed by atoms with E-state index < -0.39 is 17.6 Å². The van der Waals surface area contributed by atoms with Crippen molar-refractivity contribution in [2.24, 2.45) is 0 Å². The summed E-state index contributed by atoms with van der Waals surface area (Å²) in [6, 6.07) is 7.42. The van der Waals surface area contributed by atoms with Gasteiger partial charge in [0.2, 0.25) is 0 Å². The molecule has 0 aliphatic rings. The zero-order chi connectivity index (χ0) is 16.5. The highest BCUT2D eigenvalue weighted by Gasteiger charge is 2.25. The first-order valence-corrected chi connectivity index (χ1v) is 7.16. The minimum absolute atomic E-state index is 0.341. The molecule has 1 heterocycles. The summed E-state index contributed by atoms with van der Waals surface area (Å²) < 4.78 is 11.7. The average Bonchev–Trinajstić information content (AvgIpc) is 2.83. The number of para-hydroxylation sites is 1. The highest BCUT2D eigenvalue weighted by atomic mass is 16.6. The Bertz CT molecular complexity index is 709. The Morgan fingerprint density at radius 3 is 2.41 bits per heavy atom. The number of hydrogen-bond donors (Lipinski definition) is 0. The lowest BCUT2D eigenvalue weighted by atomic mass is 10.0. The highest BCUT2D eigenvalue weighted by molar-refractivity contribution is 5.95. The average molecular weight is 303 g/mol. The van der Waals surface area contributed by atoms with Gasteiger partial charge in [0.1, 0.15) is 5.60 Å². The minimum atomic E-state index is -0.587. The van der Waals surface area contributed by atoms with Gasteiger partial charge in [-0.2, -0.15) is 0 Å². The molecule has 2 rings (SSSR count). The summed E-state index contributed by atoms with van der Waals surface area (Å²) in [5.74, 6) is -0.800. The van der Waals surface area contributed by atoms with Gasteiger partial charge in [-0.05, 0) is 39.3 Å². The van der Waals surface area contributed by atoms with Crippen LogP contribution in [0.5, 0.6) is 0 Å². The van der Waals surface area contributed by atoms with E-state index in [-0.39, 0.29) is 5.97 Å². The van der Waals surface area contributed by atoms with Crippen LogP contribution in [0.15, 0.2) is 30.5 Å². The molecule has 5 heteroatoms. The maximum absolute atomic E-state index is 12.4. The fraction of sp³-hybridized carbons (Fsp3) is 0.412. The topological polar surface area (TPSA) is 57.5 Å². The summed E-state index contributed by atoms with van der Waals surface area (Å²) in [5.41, 5.74) is 0.868. The summed E-state index contributed by atoms with van der Waals surface area (Å²) in [7, 11) is 1.35. The van der Waals surface area contributed by atoms with Gasteiger partial charge in [0, 0.05) is 11.6 Å². The van der Waals surface area contributed by atoms with E-state index in [1.807, 2.05) is 45.0 Å². The first-order valence-electron chi connectivity index (χ1n) is 7.16. The maximum Gasteiger partial charge on any atom is 0.419 e. The van der Waals surface area contributed by atoms with E-state index in [0.29, 0.717) is 5.52 Å². The number of aromatic nitrogens is 1. The molecule has 0 aliphatic heterocycles. The first kappa shape index (κ1) is 16.1. The Hall–Kier alpha value is -2.30. The normalized spacial score (nSPS) is 13.0. The van der Waals surface area contributed by atoms with E-state index in [4.69, 9.17) is 9.47 Å². The van der Waals surface area contributed by atoms with Crippen molar-refractivity contribution >= 4 is 23.0 Å². The molecule has 1 aromatic heterocycles. The van der Waals surface area contributed by atoms with Crippen molar-refractivity contribution < 1.29 is 19.1 Å². The third-order valence-corrected chi connectivity index (χ3v) is 3.35. The first-order chi connectivity index (χ1) is 10.2. The zero-order valence-electron chi connectivity index (χ0n) is 13.5. The van der Waals surface area contributed by atoms with E-state index in [9.17, 15) is 9.59 Å². The second-order valence-electron chi connectivity index (χ2n) is 6.20. The molecule has 1 atom stereocenters. The van der Waals surface area contributed by atoms with Gasteiger partial charge in [0.15, 0.2) is 0 Å². The van der Waals surface area contributed by atoms with Crippen molar-refractivity contribution in [1.82, 2.24) is 4.57 Å². The number of methoxy groups -OCH3 is 1. The number of ether oxygens (including phenoxy) is 2. The second-order valence-corrected chi connectivity index (χ2v) is 6.20. The molecule has 0 N–H and O–H groups in total. The molecule has 0 bridgehead atoms. The van der Waals surface area contributed by atoms with Crippen LogP contribution >= 0.6 is 0 Å². The zero-order valence-corrected chi connectivity index (χ0v) is 13.5. The molecule has 1 aromatic carbocycles. The predicted molar refractivity (Wildman–Crippen MR) is 84.0 cm³/mol. The smallest absolute Gasteiger partial charge is 0.419 e. The molecule has 0 saturated carbocycles. The summed E-state index contributed by atoms with van der Waals surface area (Å²) >= 11 is 0. The van der Waals surface area contributed by atoms with Gasteiger partial charge < -0.3 is 9.47 Å². The van der Waals surface area contributed by atoms with Gasteiger partial charge in [-0.25, -0.2) is 4.79 Å². The third-order valence-electron chi connectivity index (χ3n) is 3.35. The minimum Gasteiger partial charge on any atom is -0.469 e. The Morgan fingerprint density at radius 2 is 1.82 bits per heavy atom. The molecule has 0 spiro atoms. The summed E-state index contributed by atoms with van der Waals surface area (Å²) in [4.78, 5) is 24.2. The van der Waals surface area contributed by atoms with Crippen molar-refractivity contribution in [3.63, 3.8) is 0 Å². The molecule has 22 heavy (non-hydrogen) atoms. The van der Waals surface area contributed by atoms with Crippen LogP contribution in [-0.4, -0.2) is 29.3 Å². The summed E-state index contributed by atoms with van der Waals surface area (Å²) in [5, 5.41) is 0.839. The monoisotopic (exact) mass is 303 g/mol. The lowest BCUT2D eigenvalue weighted by Crippen LogP contribution is -2.26. The molecule has 1 unspecified atom stereocenters. The summed E-state index contributed by atoms with van der Waals surface area (Å²) in [6.07, 6.45) is 1.19. The number of nitrogens with zero attached hydrogens (tertiary/aromatic N) is 1. The van der Waals surface area contributed by atoms with Crippen molar-refractivity contribution in [2.75, 3.05) is 7.11 Å². The number of esters is 1. The third kappa shape index (κ3) is 3.13. The van der Waals surface area contributed by atoms with Gasteiger partial charge in [-0.15, -0.1) is 0 Å². The quantitative estimate of drug-likeness (QED) is 0.794. The number of fused-ring (bicyclic) bond motifs is 1. The van der Waals surface area contributed by atoms with Crippen LogP contribution in [-0.2, 0) is 14.3 Å². The van der Waals surface area contributed by atoms with Crippen molar-refractivity contribution in [3.8, 4) is 0 Å². The lowest BCUT2D eigenvalue weighted by molar-refractivity contribution is -0.141. The van der Waals surface area contributed by atoms with Gasteiger partial charge in [-0.3, -0.25) is 9.36 Å². The van der Waals surface area contributed by atoms with E-state index in [2.05, 4.69) is 0 Å². The number of hydrogen-bond acceptors (Lipinski definition) is 4. The van der Waals surface area contributed by atoms with Gasteiger partial charge >= 0.3 is 12.1 Å². The van der Waals surface area contributed by atoms with Crippen LogP contribution in [0.4, 0.5) is 4.79 Å². The van der Waals surface area contributed by atoms with Crippen molar-refractivity contribution in [3.05, 3.63) is 36.0 Å². The Morgan fingerprint density at radius 1 is 1.18 bits per heavy atom. The van der Waals surface area contributed by atoms with Crippen LogP contribution in [0.2, 0.25) is 0 Å².